The number of hydrogen-bond acceptors (Lipinski definition) is 4. The van der Waals surface area contributed by atoms with Crippen LogP contribution in [0.1, 0.15) is 34.6 Å². The van der Waals surface area contributed by atoms with E-state index in [2.05, 4.69) is 168 Å². The van der Waals surface area contributed by atoms with Crippen LogP contribution in [0.25, 0.3) is 76.5 Å². The van der Waals surface area contributed by atoms with E-state index in [0.717, 1.165) is 27.8 Å². The molecule has 10 aromatic rings. The van der Waals surface area contributed by atoms with Crippen molar-refractivity contribution in [2.24, 2.45) is 5.73 Å². The highest BCUT2D eigenvalue weighted by Crippen LogP contribution is 2.46. The Kier molecular flexibility index (Phi) is 9.91. The number of hydrogen-bond donors (Lipinski definition) is 3. The zero-order valence-corrected chi connectivity index (χ0v) is 33.0. The first kappa shape index (κ1) is 36.9. The van der Waals surface area contributed by atoms with E-state index in [4.69, 9.17) is 5.73 Å². The molecule has 10 aromatic carbocycles. The quantitative estimate of drug-likeness (QED) is 0.0735. The first-order chi connectivity index (χ1) is 29.6. The zero-order valence-electron chi connectivity index (χ0n) is 33.0. The second-order valence-corrected chi connectivity index (χ2v) is 15.4. The molecule has 0 saturated heterocycles. The molecule has 60 heavy (non-hydrogen) atoms. The maximum absolute atomic E-state index is 9.34. The van der Waals surface area contributed by atoms with Gasteiger partial charge in [-0.3, -0.25) is 10.6 Å². The predicted octanol–water partition coefficient (Wildman–Crippen LogP) is 13.2. The Bertz CT molecular complexity index is 3200. The molecule has 286 valence electrons. The van der Waals surface area contributed by atoms with E-state index in [1.807, 2.05) is 54.6 Å². The van der Waals surface area contributed by atoms with Gasteiger partial charge in [-0.2, -0.15) is 5.26 Å². The van der Waals surface area contributed by atoms with Crippen molar-refractivity contribution in [3.63, 3.8) is 0 Å². The van der Waals surface area contributed by atoms with Crippen LogP contribution in [0.3, 0.4) is 0 Å². The average molecular weight is 771 g/mol. The highest BCUT2D eigenvalue weighted by atomic mass is 15.2. The number of rotatable bonds is 10. The lowest BCUT2D eigenvalue weighted by Gasteiger charge is -2.26. The Morgan fingerprint density at radius 1 is 0.450 bits per heavy atom. The molecule has 0 aliphatic heterocycles. The van der Waals surface area contributed by atoms with Gasteiger partial charge in [-0.15, -0.1) is 0 Å². The molecule has 2 atom stereocenters. The number of fused-ring (bicyclic) bond motifs is 5. The summed E-state index contributed by atoms with van der Waals surface area (Å²) in [4.78, 5) is 0. The highest BCUT2D eigenvalue weighted by molar-refractivity contribution is 6.28. The number of nitriles is 1. The van der Waals surface area contributed by atoms with E-state index in [1.54, 1.807) is 0 Å². The van der Waals surface area contributed by atoms with E-state index in [0.29, 0.717) is 12.1 Å². The Balaban J connectivity index is 1.02. The fraction of sp³-hybridized carbons (Fsp3) is 0.0536. The van der Waals surface area contributed by atoms with Gasteiger partial charge in [0.15, 0.2) is 0 Å². The Labute approximate surface area is 350 Å². The first-order valence-corrected chi connectivity index (χ1v) is 20.5. The van der Waals surface area contributed by atoms with Gasteiger partial charge in [0.1, 0.15) is 0 Å². The zero-order chi connectivity index (χ0) is 40.4. The second-order valence-electron chi connectivity index (χ2n) is 15.4. The molecule has 0 aromatic heterocycles. The Morgan fingerprint density at radius 2 is 1.07 bits per heavy atom. The standard InChI is InChI=1S/C56H42N4/c57-35-37-21-25-40(26-22-37)45-16-10-17-47(34-45)56(60-55(58)43-13-2-1-3-14-43)59-36-38-23-27-42(28-24-38)52-49-19-8-9-20-50(49)53(46-30-29-39-11-4-5-15-44(39)33-46)54-48-18-7-6-12-41(48)31-32-51(52)54/h1-34,55-56,59-60H,36,58H2. The van der Waals surface area contributed by atoms with Crippen LogP contribution in [0.15, 0.2) is 206 Å². The molecular weight excluding hydrogens is 729 g/mol. The van der Waals surface area contributed by atoms with Gasteiger partial charge in [-0.25, -0.2) is 0 Å². The van der Waals surface area contributed by atoms with Gasteiger partial charge < -0.3 is 5.73 Å². The molecule has 0 spiro atoms. The molecule has 0 saturated carbocycles. The smallest absolute Gasteiger partial charge is 0.0991 e. The summed E-state index contributed by atoms with van der Waals surface area (Å²) in [5.41, 5.74) is 17.7. The third-order valence-electron chi connectivity index (χ3n) is 11.8. The van der Waals surface area contributed by atoms with Gasteiger partial charge in [0.2, 0.25) is 0 Å². The van der Waals surface area contributed by atoms with Crippen LogP contribution in [0.4, 0.5) is 0 Å². The van der Waals surface area contributed by atoms with Gasteiger partial charge in [0, 0.05) is 6.54 Å². The van der Waals surface area contributed by atoms with E-state index >= 15 is 0 Å². The monoisotopic (exact) mass is 770 g/mol. The summed E-state index contributed by atoms with van der Waals surface area (Å²) in [5, 5.41) is 26.7. The summed E-state index contributed by atoms with van der Waals surface area (Å²) >= 11 is 0. The Hall–Kier alpha value is -7.39. The minimum absolute atomic E-state index is 0.248. The van der Waals surface area contributed by atoms with Crippen molar-refractivity contribution in [3.05, 3.63) is 229 Å². The maximum Gasteiger partial charge on any atom is 0.0991 e. The molecule has 0 heterocycles. The minimum Gasteiger partial charge on any atom is -0.312 e. The van der Waals surface area contributed by atoms with E-state index in [-0.39, 0.29) is 12.3 Å². The summed E-state index contributed by atoms with van der Waals surface area (Å²) < 4.78 is 0. The SMILES string of the molecule is N#Cc1ccc(-c2cccc(C(NCc3ccc(-c4c5ccccc5c(-c5ccc6ccccc6c5)c5c4ccc4ccccc45)cc3)NC(N)c3ccccc3)c2)cc1. The molecular formula is C56H42N4. The van der Waals surface area contributed by atoms with Crippen LogP contribution in [0, 0.1) is 11.3 Å². The van der Waals surface area contributed by atoms with Gasteiger partial charge in [0.25, 0.3) is 0 Å². The Morgan fingerprint density at radius 3 is 1.83 bits per heavy atom. The maximum atomic E-state index is 9.34. The summed E-state index contributed by atoms with van der Waals surface area (Å²) in [7, 11) is 0. The van der Waals surface area contributed by atoms with Crippen molar-refractivity contribution in [2.45, 2.75) is 18.9 Å². The summed E-state index contributed by atoms with van der Waals surface area (Å²) in [6, 6.07) is 75.3. The topological polar surface area (TPSA) is 73.9 Å². The van der Waals surface area contributed by atoms with Crippen molar-refractivity contribution in [1.82, 2.24) is 10.6 Å². The van der Waals surface area contributed by atoms with Gasteiger partial charge in [-0.1, -0.05) is 182 Å². The fourth-order valence-electron chi connectivity index (χ4n) is 8.76. The largest absolute Gasteiger partial charge is 0.312 e. The molecule has 4 N–H and O–H groups in total. The third-order valence-corrected chi connectivity index (χ3v) is 11.8. The van der Waals surface area contributed by atoms with E-state index < -0.39 is 0 Å². The van der Waals surface area contributed by atoms with Crippen LogP contribution in [0.5, 0.6) is 0 Å². The average Bonchev–Trinajstić information content (AvgIpc) is 3.32. The molecule has 10 rings (SSSR count). The van der Waals surface area contributed by atoms with Gasteiger partial charge in [0.05, 0.1) is 24.0 Å². The summed E-state index contributed by atoms with van der Waals surface area (Å²) in [5.74, 6) is 0. The van der Waals surface area contributed by atoms with Crippen LogP contribution >= 0.6 is 0 Å². The van der Waals surface area contributed by atoms with Crippen molar-refractivity contribution in [3.8, 4) is 39.4 Å². The number of nitrogens with two attached hydrogens (primary N) is 1. The lowest BCUT2D eigenvalue weighted by molar-refractivity contribution is 0.386. The molecule has 2 unspecified atom stereocenters. The number of nitrogens with one attached hydrogen (secondary N) is 2. The molecule has 0 fully saturated rings. The summed E-state index contributed by atoms with van der Waals surface area (Å²) in [6.07, 6.45) is -0.637. The van der Waals surface area contributed by atoms with Crippen LogP contribution in [-0.2, 0) is 6.54 Å². The molecule has 4 heteroatoms. The second kappa shape index (κ2) is 16.1. The molecule has 0 aliphatic carbocycles. The molecule has 0 radical (unpaired) electrons. The van der Waals surface area contributed by atoms with Crippen LogP contribution in [0.2, 0.25) is 0 Å². The minimum atomic E-state index is -0.389. The fourth-order valence-corrected chi connectivity index (χ4v) is 8.76. The lowest BCUT2D eigenvalue weighted by atomic mass is 9.83. The van der Waals surface area contributed by atoms with Crippen molar-refractivity contribution in [2.75, 3.05) is 0 Å². The van der Waals surface area contributed by atoms with E-state index in [1.165, 1.54) is 65.3 Å². The highest BCUT2D eigenvalue weighted by Gasteiger charge is 2.20. The van der Waals surface area contributed by atoms with Crippen molar-refractivity contribution < 1.29 is 0 Å². The number of nitrogens with zero attached hydrogens (tertiary/aromatic N) is 1. The molecule has 4 nitrogen and oxygen atoms in total. The van der Waals surface area contributed by atoms with Crippen molar-refractivity contribution in [1.29, 1.82) is 5.26 Å². The molecule has 0 bridgehead atoms. The molecule has 0 amide bonds. The summed E-state index contributed by atoms with van der Waals surface area (Å²) in [6.45, 7) is 0.619. The van der Waals surface area contributed by atoms with Crippen molar-refractivity contribution >= 4 is 43.1 Å². The molecule has 0 aliphatic rings. The number of benzene rings is 10. The van der Waals surface area contributed by atoms with E-state index in [9.17, 15) is 5.26 Å². The predicted molar refractivity (Wildman–Crippen MR) is 250 cm³/mol. The van der Waals surface area contributed by atoms with Gasteiger partial charge in [-0.05, 0) is 117 Å². The van der Waals surface area contributed by atoms with Crippen LogP contribution in [-0.4, -0.2) is 0 Å². The first-order valence-electron chi connectivity index (χ1n) is 20.5. The van der Waals surface area contributed by atoms with Gasteiger partial charge >= 0.3 is 0 Å². The normalized spacial score (nSPS) is 12.5. The third kappa shape index (κ3) is 7.08. The van der Waals surface area contributed by atoms with Crippen LogP contribution < -0.4 is 16.4 Å². The lowest BCUT2D eigenvalue weighted by Crippen LogP contribution is -2.39.